The van der Waals surface area contributed by atoms with E-state index in [2.05, 4.69) is 48.1 Å². The zero-order chi connectivity index (χ0) is 14.2. The number of ether oxygens (including phenoxy) is 1. The van der Waals surface area contributed by atoms with E-state index in [1.54, 1.807) is 6.08 Å². The Morgan fingerprint density at radius 3 is 1.83 bits per heavy atom. The second-order valence-electron chi connectivity index (χ2n) is 5.88. The summed E-state index contributed by atoms with van der Waals surface area (Å²) in [6.07, 6.45) is 2.77. The Morgan fingerprint density at radius 1 is 0.944 bits per heavy atom. The maximum absolute atomic E-state index is 6.43. The molecule has 0 aromatic carbocycles. The molecule has 0 bridgehead atoms. The Morgan fingerprint density at radius 2 is 1.44 bits per heavy atom. The van der Waals surface area contributed by atoms with Gasteiger partial charge in [0, 0.05) is 13.2 Å². The Labute approximate surface area is 115 Å². The van der Waals surface area contributed by atoms with Gasteiger partial charge >= 0.3 is 0 Å². The molecular formula is C15H32O2Si. The highest BCUT2D eigenvalue weighted by molar-refractivity contribution is 6.77. The molecule has 0 saturated heterocycles. The minimum atomic E-state index is -1.67. The van der Waals surface area contributed by atoms with Gasteiger partial charge in [-0.05, 0) is 23.0 Å². The van der Waals surface area contributed by atoms with Gasteiger partial charge in [-0.3, -0.25) is 0 Å². The maximum Gasteiger partial charge on any atom is 0.200 e. The van der Waals surface area contributed by atoms with Crippen molar-refractivity contribution in [1.29, 1.82) is 0 Å². The van der Waals surface area contributed by atoms with Crippen molar-refractivity contribution in [2.45, 2.75) is 64.6 Å². The van der Waals surface area contributed by atoms with Crippen molar-refractivity contribution < 1.29 is 9.16 Å². The predicted molar refractivity (Wildman–Crippen MR) is 82.6 cm³/mol. The lowest BCUT2D eigenvalue weighted by Crippen LogP contribution is -2.48. The molecule has 0 atom stereocenters. The standard InChI is InChI=1S/C15H32O2Si/c1-8-10-16-11-9-12-17-18(13(2)3,14(4)5)15(6)7/h8,13-15H,1,9-12H2,2-7H3. The molecule has 2 nitrogen and oxygen atoms in total. The fourth-order valence-corrected chi connectivity index (χ4v) is 8.57. The van der Waals surface area contributed by atoms with E-state index in [1.165, 1.54) is 0 Å². The molecule has 0 spiro atoms. The summed E-state index contributed by atoms with van der Waals surface area (Å²) in [6, 6.07) is 0. The Hall–Kier alpha value is -0.123. The average Bonchev–Trinajstić information content (AvgIpc) is 2.26. The summed E-state index contributed by atoms with van der Waals surface area (Å²) in [4.78, 5) is 0. The molecule has 0 aliphatic heterocycles. The van der Waals surface area contributed by atoms with Crippen LogP contribution in [0.25, 0.3) is 0 Å². The van der Waals surface area contributed by atoms with Crippen LogP contribution in [0.2, 0.25) is 16.6 Å². The van der Waals surface area contributed by atoms with Gasteiger partial charge in [0.25, 0.3) is 0 Å². The van der Waals surface area contributed by atoms with Crippen LogP contribution in [0, 0.1) is 0 Å². The molecule has 0 aromatic heterocycles. The van der Waals surface area contributed by atoms with Crippen LogP contribution in [0.15, 0.2) is 12.7 Å². The molecular weight excluding hydrogens is 240 g/mol. The first-order valence-corrected chi connectivity index (χ1v) is 9.36. The second kappa shape index (κ2) is 8.89. The van der Waals surface area contributed by atoms with Gasteiger partial charge in [-0.1, -0.05) is 47.6 Å². The lowest BCUT2D eigenvalue weighted by Gasteiger charge is -2.42. The minimum absolute atomic E-state index is 0.640. The number of hydrogen-bond acceptors (Lipinski definition) is 2. The normalized spacial score (nSPS) is 12.7. The van der Waals surface area contributed by atoms with E-state index < -0.39 is 8.32 Å². The molecule has 0 N–H and O–H groups in total. The molecule has 0 radical (unpaired) electrons. The lowest BCUT2D eigenvalue weighted by molar-refractivity contribution is 0.139. The van der Waals surface area contributed by atoms with Crippen LogP contribution >= 0.6 is 0 Å². The Kier molecular flexibility index (Phi) is 8.83. The SMILES string of the molecule is C=CCOCCCO[Si](C(C)C)(C(C)C)C(C)C. The zero-order valence-corrected chi connectivity index (χ0v) is 14.2. The van der Waals surface area contributed by atoms with E-state index in [-0.39, 0.29) is 0 Å². The molecule has 0 amide bonds. The fraction of sp³-hybridized carbons (Fsp3) is 0.867. The van der Waals surface area contributed by atoms with Gasteiger partial charge in [0.05, 0.1) is 6.61 Å². The summed E-state index contributed by atoms with van der Waals surface area (Å²) in [5.74, 6) is 0. The van der Waals surface area contributed by atoms with E-state index >= 15 is 0 Å². The molecule has 0 unspecified atom stereocenters. The van der Waals surface area contributed by atoms with Crippen LogP contribution in [0.3, 0.4) is 0 Å². The van der Waals surface area contributed by atoms with E-state index in [9.17, 15) is 0 Å². The van der Waals surface area contributed by atoms with Crippen molar-refractivity contribution in [1.82, 2.24) is 0 Å². The molecule has 108 valence electrons. The molecule has 0 aliphatic carbocycles. The third-order valence-corrected chi connectivity index (χ3v) is 9.85. The molecule has 0 aromatic rings. The summed E-state index contributed by atoms with van der Waals surface area (Å²) >= 11 is 0. The third kappa shape index (κ3) is 4.86. The highest BCUT2D eigenvalue weighted by Crippen LogP contribution is 2.42. The van der Waals surface area contributed by atoms with E-state index in [0.717, 1.165) is 19.6 Å². The average molecular weight is 273 g/mol. The molecule has 0 saturated carbocycles. The largest absolute Gasteiger partial charge is 0.416 e. The van der Waals surface area contributed by atoms with Gasteiger partial charge in [-0.15, -0.1) is 6.58 Å². The van der Waals surface area contributed by atoms with Crippen molar-refractivity contribution in [2.75, 3.05) is 19.8 Å². The fourth-order valence-electron chi connectivity index (χ4n) is 3.08. The molecule has 18 heavy (non-hydrogen) atoms. The molecule has 0 fully saturated rings. The van der Waals surface area contributed by atoms with E-state index in [0.29, 0.717) is 23.2 Å². The van der Waals surface area contributed by atoms with Gasteiger partial charge in [0.15, 0.2) is 8.32 Å². The molecule has 0 aliphatic rings. The summed E-state index contributed by atoms with van der Waals surface area (Å²) in [7, 11) is -1.67. The highest BCUT2D eigenvalue weighted by Gasteiger charge is 2.44. The van der Waals surface area contributed by atoms with Gasteiger partial charge in [-0.25, -0.2) is 0 Å². The summed E-state index contributed by atoms with van der Waals surface area (Å²) in [5, 5.41) is 0. The number of hydrogen-bond donors (Lipinski definition) is 0. The maximum atomic E-state index is 6.43. The first kappa shape index (κ1) is 17.9. The summed E-state index contributed by atoms with van der Waals surface area (Å²) in [5.41, 5.74) is 1.98. The van der Waals surface area contributed by atoms with Crippen LogP contribution in [-0.2, 0) is 9.16 Å². The van der Waals surface area contributed by atoms with Crippen LogP contribution in [0.1, 0.15) is 48.0 Å². The van der Waals surface area contributed by atoms with E-state index in [4.69, 9.17) is 9.16 Å². The highest BCUT2D eigenvalue weighted by atomic mass is 28.4. The lowest BCUT2D eigenvalue weighted by atomic mass is 10.5. The van der Waals surface area contributed by atoms with Gasteiger partial charge in [0.2, 0.25) is 0 Å². The number of rotatable bonds is 10. The smallest absolute Gasteiger partial charge is 0.200 e. The molecule has 3 heteroatoms. The zero-order valence-electron chi connectivity index (χ0n) is 13.2. The minimum Gasteiger partial charge on any atom is -0.416 e. The summed E-state index contributed by atoms with van der Waals surface area (Å²) < 4.78 is 11.8. The topological polar surface area (TPSA) is 18.5 Å². The van der Waals surface area contributed by atoms with Crippen molar-refractivity contribution in [3.8, 4) is 0 Å². The first-order valence-electron chi connectivity index (χ1n) is 7.22. The first-order chi connectivity index (χ1) is 8.39. The molecule has 0 heterocycles. The van der Waals surface area contributed by atoms with Crippen LogP contribution in [-0.4, -0.2) is 28.1 Å². The van der Waals surface area contributed by atoms with Crippen LogP contribution < -0.4 is 0 Å². The third-order valence-electron chi connectivity index (χ3n) is 3.73. The summed E-state index contributed by atoms with van der Waals surface area (Å²) in [6.45, 7) is 19.8. The van der Waals surface area contributed by atoms with Gasteiger partial charge in [-0.2, -0.15) is 0 Å². The molecule has 0 rings (SSSR count). The second-order valence-corrected chi connectivity index (χ2v) is 11.3. The van der Waals surface area contributed by atoms with Crippen LogP contribution in [0.4, 0.5) is 0 Å². The van der Waals surface area contributed by atoms with Crippen LogP contribution in [0.5, 0.6) is 0 Å². The Bertz CT molecular complexity index is 203. The van der Waals surface area contributed by atoms with Crippen molar-refractivity contribution in [3.63, 3.8) is 0 Å². The van der Waals surface area contributed by atoms with Gasteiger partial charge in [0.1, 0.15) is 0 Å². The Balaban J connectivity index is 4.30. The quantitative estimate of drug-likeness (QED) is 0.324. The van der Waals surface area contributed by atoms with Crippen molar-refractivity contribution >= 4 is 8.32 Å². The van der Waals surface area contributed by atoms with E-state index in [1.807, 2.05) is 0 Å². The predicted octanol–water partition coefficient (Wildman–Crippen LogP) is 4.77. The van der Waals surface area contributed by atoms with Crippen molar-refractivity contribution in [3.05, 3.63) is 12.7 Å². The van der Waals surface area contributed by atoms with Crippen molar-refractivity contribution in [2.24, 2.45) is 0 Å². The van der Waals surface area contributed by atoms with Gasteiger partial charge < -0.3 is 9.16 Å². The monoisotopic (exact) mass is 272 g/mol.